The molecule has 4 amide bonds. The third kappa shape index (κ3) is 4.48. The van der Waals surface area contributed by atoms with Gasteiger partial charge in [0.2, 0.25) is 5.91 Å². The van der Waals surface area contributed by atoms with Crippen molar-refractivity contribution in [3.63, 3.8) is 0 Å². The number of carbonyl (C=O) groups excluding carboxylic acids is 3. The van der Waals surface area contributed by atoms with Gasteiger partial charge in [0.25, 0.3) is 5.91 Å². The molecule has 2 rings (SSSR count). The molecule has 0 spiro atoms. The van der Waals surface area contributed by atoms with Gasteiger partial charge >= 0.3 is 6.03 Å². The summed E-state index contributed by atoms with van der Waals surface area (Å²) in [5.74, 6) is 0.0582. The number of benzene rings is 1. The normalized spacial score (nSPS) is 17.3. The molecule has 1 aliphatic rings. The molecule has 0 aromatic heterocycles. The fraction of sp³-hybridized carbons (Fsp3) is 0.438. The molecule has 1 aliphatic heterocycles. The molecule has 0 bridgehead atoms. The van der Waals surface area contributed by atoms with Gasteiger partial charge in [-0.05, 0) is 55.5 Å². The molecular formula is C16H21N3O3S. The number of amides is 4. The number of aryl methyl sites for hydroxylation is 2. The van der Waals surface area contributed by atoms with Crippen LogP contribution in [0.1, 0.15) is 17.5 Å². The van der Waals surface area contributed by atoms with Crippen LogP contribution in [0.15, 0.2) is 18.2 Å². The van der Waals surface area contributed by atoms with Crippen LogP contribution in [0.5, 0.6) is 0 Å². The highest BCUT2D eigenvalue weighted by Crippen LogP contribution is 2.15. The number of hydrogen-bond donors (Lipinski definition) is 2. The molecule has 0 radical (unpaired) electrons. The zero-order valence-corrected chi connectivity index (χ0v) is 14.3. The van der Waals surface area contributed by atoms with Crippen molar-refractivity contribution < 1.29 is 14.4 Å². The molecule has 2 N–H and O–H groups in total. The number of urea groups is 1. The van der Waals surface area contributed by atoms with Gasteiger partial charge in [-0.3, -0.25) is 14.5 Å². The Hall–Kier alpha value is -2.02. The van der Waals surface area contributed by atoms with Crippen LogP contribution >= 0.6 is 11.8 Å². The Kier molecular flexibility index (Phi) is 5.65. The van der Waals surface area contributed by atoms with E-state index in [9.17, 15) is 14.4 Å². The van der Waals surface area contributed by atoms with E-state index in [1.807, 2.05) is 38.3 Å². The van der Waals surface area contributed by atoms with E-state index in [1.54, 1.807) is 11.8 Å². The van der Waals surface area contributed by atoms with Gasteiger partial charge in [0.15, 0.2) is 0 Å². The summed E-state index contributed by atoms with van der Waals surface area (Å²) in [7, 11) is 0. The van der Waals surface area contributed by atoms with Crippen LogP contribution in [-0.2, 0) is 9.59 Å². The monoisotopic (exact) mass is 335 g/mol. The fourth-order valence-electron chi connectivity index (χ4n) is 2.55. The largest absolute Gasteiger partial charge is 0.326 e. The van der Waals surface area contributed by atoms with Crippen molar-refractivity contribution in [3.8, 4) is 0 Å². The third-order valence-electron chi connectivity index (χ3n) is 3.52. The van der Waals surface area contributed by atoms with Crippen LogP contribution in [0.4, 0.5) is 10.5 Å². The Balaban J connectivity index is 1.97. The molecule has 124 valence electrons. The van der Waals surface area contributed by atoms with Gasteiger partial charge in [-0.2, -0.15) is 11.8 Å². The van der Waals surface area contributed by atoms with Crippen molar-refractivity contribution in [1.29, 1.82) is 0 Å². The molecule has 7 heteroatoms. The van der Waals surface area contributed by atoms with Gasteiger partial charge in [-0.25, -0.2) is 4.79 Å². The van der Waals surface area contributed by atoms with E-state index >= 15 is 0 Å². The van der Waals surface area contributed by atoms with Crippen LogP contribution < -0.4 is 10.6 Å². The SMILES string of the molecule is CSCC[C@@H]1NC(=O)N(CC(=O)Nc2cc(C)cc(C)c2)C1=O. The van der Waals surface area contributed by atoms with Crippen LogP contribution in [0, 0.1) is 13.8 Å². The number of thioether (sulfide) groups is 1. The minimum Gasteiger partial charge on any atom is -0.326 e. The van der Waals surface area contributed by atoms with Gasteiger partial charge in [-0.15, -0.1) is 0 Å². The summed E-state index contributed by atoms with van der Waals surface area (Å²) < 4.78 is 0. The number of imide groups is 1. The first kappa shape index (κ1) is 17.3. The highest BCUT2D eigenvalue weighted by molar-refractivity contribution is 7.98. The number of hydrogen-bond acceptors (Lipinski definition) is 4. The Morgan fingerprint density at radius 2 is 1.91 bits per heavy atom. The Bertz CT molecular complexity index is 613. The number of nitrogens with one attached hydrogen (secondary N) is 2. The fourth-order valence-corrected chi connectivity index (χ4v) is 3.02. The number of rotatable bonds is 6. The van der Waals surface area contributed by atoms with Gasteiger partial charge in [0.05, 0.1) is 0 Å². The maximum atomic E-state index is 12.2. The summed E-state index contributed by atoms with van der Waals surface area (Å²) in [5.41, 5.74) is 2.73. The first-order chi connectivity index (χ1) is 10.9. The lowest BCUT2D eigenvalue weighted by molar-refractivity contribution is -0.130. The second-order valence-corrected chi connectivity index (χ2v) is 6.62. The Morgan fingerprint density at radius 3 is 2.52 bits per heavy atom. The zero-order chi connectivity index (χ0) is 17.0. The van der Waals surface area contributed by atoms with E-state index in [2.05, 4.69) is 10.6 Å². The van der Waals surface area contributed by atoms with Crippen LogP contribution in [0.25, 0.3) is 0 Å². The predicted octanol–water partition coefficient (Wildman–Crippen LogP) is 1.92. The molecule has 23 heavy (non-hydrogen) atoms. The maximum absolute atomic E-state index is 12.2. The van der Waals surface area contributed by atoms with Crippen molar-refractivity contribution in [2.75, 3.05) is 23.9 Å². The molecule has 0 unspecified atom stereocenters. The lowest BCUT2D eigenvalue weighted by atomic mass is 10.1. The lowest BCUT2D eigenvalue weighted by Crippen LogP contribution is -2.38. The zero-order valence-electron chi connectivity index (χ0n) is 13.5. The first-order valence-corrected chi connectivity index (χ1v) is 8.79. The second kappa shape index (κ2) is 7.50. The predicted molar refractivity (Wildman–Crippen MR) is 91.6 cm³/mol. The van der Waals surface area contributed by atoms with E-state index in [0.29, 0.717) is 12.1 Å². The highest BCUT2D eigenvalue weighted by Gasteiger charge is 2.38. The van der Waals surface area contributed by atoms with Crippen molar-refractivity contribution in [2.45, 2.75) is 26.3 Å². The van der Waals surface area contributed by atoms with Gasteiger partial charge in [-0.1, -0.05) is 6.07 Å². The molecule has 1 atom stereocenters. The van der Waals surface area contributed by atoms with Crippen molar-refractivity contribution in [1.82, 2.24) is 10.2 Å². The number of carbonyl (C=O) groups is 3. The summed E-state index contributed by atoms with van der Waals surface area (Å²) in [4.78, 5) is 37.1. The van der Waals surface area contributed by atoms with Crippen LogP contribution in [-0.4, -0.2) is 47.3 Å². The van der Waals surface area contributed by atoms with Crippen molar-refractivity contribution in [2.24, 2.45) is 0 Å². The molecule has 1 fully saturated rings. The van der Waals surface area contributed by atoms with Crippen molar-refractivity contribution in [3.05, 3.63) is 29.3 Å². The molecule has 1 aromatic carbocycles. The minimum atomic E-state index is -0.524. The van der Waals surface area contributed by atoms with Crippen molar-refractivity contribution >= 4 is 35.3 Å². The van der Waals surface area contributed by atoms with E-state index in [4.69, 9.17) is 0 Å². The van der Waals surface area contributed by atoms with Gasteiger partial charge < -0.3 is 10.6 Å². The van der Waals surface area contributed by atoms with E-state index in [-0.39, 0.29) is 18.4 Å². The van der Waals surface area contributed by atoms with Gasteiger partial charge in [0, 0.05) is 5.69 Å². The average Bonchev–Trinajstić information content (AvgIpc) is 2.71. The summed E-state index contributed by atoms with van der Waals surface area (Å²) in [6.07, 6.45) is 2.51. The molecule has 1 saturated heterocycles. The number of anilines is 1. The molecule has 1 aromatic rings. The number of nitrogens with zero attached hydrogens (tertiary/aromatic N) is 1. The molecule has 6 nitrogen and oxygen atoms in total. The molecule has 0 saturated carbocycles. The summed E-state index contributed by atoms with van der Waals surface area (Å²) in [6, 6.07) is 4.67. The molecule has 0 aliphatic carbocycles. The Morgan fingerprint density at radius 1 is 1.26 bits per heavy atom. The topological polar surface area (TPSA) is 78.5 Å². The maximum Gasteiger partial charge on any atom is 0.325 e. The summed E-state index contributed by atoms with van der Waals surface area (Å²) >= 11 is 1.61. The van der Waals surface area contributed by atoms with Gasteiger partial charge in [0.1, 0.15) is 12.6 Å². The van der Waals surface area contributed by atoms with Crippen LogP contribution in [0.3, 0.4) is 0 Å². The van der Waals surface area contributed by atoms with E-state index in [0.717, 1.165) is 21.8 Å². The summed E-state index contributed by atoms with van der Waals surface area (Å²) in [5, 5.41) is 5.35. The minimum absolute atomic E-state index is 0.270. The Labute approximate surface area is 140 Å². The first-order valence-electron chi connectivity index (χ1n) is 7.39. The standard InChI is InChI=1S/C16H21N3O3S/c1-10-6-11(2)8-12(7-10)17-14(20)9-19-15(21)13(4-5-23-3)18-16(19)22/h6-8,13H,4-5,9H2,1-3H3,(H,17,20)(H,18,22)/t13-/m0/s1. The van der Waals surface area contributed by atoms with E-state index in [1.165, 1.54) is 0 Å². The quantitative estimate of drug-likeness (QED) is 0.779. The van der Waals surface area contributed by atoms with Crippen LogP contribution in [0.2, 0.25) is 0 Å². The second-order valence-electron chi connectivity index (χ2n) is 5.63. The summed E-state index contributed by atoms with van der Waals surface area (Å²) in [6.45, 7) is 3.61. The smallest absolute Gasteiger partial charge is 0.325 e. The lowest BCUT2D eigenvalue weighted by Gasteiger charge is -2.13. The highest BCUT2D eigenvalue weighted by atomic mass is 32.2. The van der Waals surface area contributed by atoms with E-state index < -0.39 is 12.1 Å². The third-order valence-corrected chi connectivity index (χ3v) is 4.17. The molecule has 1 heterocycles. The average molecular weight is 335 g/mol. The molecular weight excluding hydrogens is 314 g/mol.